The fraction of sp³-hybridized carbons (Fsp3) is 0.292. The van der Waals surface area contributed by atoms with E-state index in [1.54, 1.807) is 44.0 Å². The van der Waals surface area contributed by atoms with Crippen molar-refractivity contribution in [2.24, 2.45) is 7.05 Å². The molecule has 0 aliphatic heterocycles. The second kappa shape index (κ2) is 9.04. The highest BCUT2D eigenvalue weighted by molar-refractivity contribution is 5.98. The molecule has 1 heterocycles. The number of aryl methyl sites for hydroxylation is 3. The molecule has 31 heavy (non-hydrogen) atoms. The molecule has 0 aliphatic rings. The Morgan fingerprint density at radius 3 is 2.32 bits per heavy atom. The quantitative estimate of drug-likeness (QED) is 0.567. The third-order valence-corrected chi connectivity index (χ3v) is 5.04. The van der Waals surface area contributed by atoms with Crippen LogP contribution in [0.1, 0.15) is 57.4 Å². The number of hydrogen-bond donors (Lipinski definition) is 1. The third kappa shape index (κ3) is 4.94. The van der Waals surface area contributed by atoms with Crippen molar-refractivity contribution in [3.8, 4) is 17.4 Å². The Balaban J connectivity index is 1.84. The van der Waals surface area contributed by atoms with Crippen LogP contribution >= 0.6 is 0 Å². The van der Waals surface area contributed by atoms with Crippen LogP contribution in [0.4, 0.5) is 0 Å². The Kier molecular flexibility index (Phi) is 6.44. The predicted molar refractivity (Wildman–Crippen MR) is 118 cm³/mol. The smallest absolute Gasteiger partial charge is 0.259 e. The Hall–Kier alpha value is -3.61. The summed E-state index contributed by atoms with van der Waals surface area (Å²) >= 11 is 0. The molecule has 7 heteroatoms. The Morgan fingerprint density at radius 1 is 1.06 bits per heavy atom. The summed E-state index contributed by atoms with van der Waals surface area (Å²) in [7, 11) is 3.33. The van der Waals surface area contributed by atoms with E-state index in [4.69, 9.17) is 9.47 Å². The number of nitrogens with one attached hydrogen (secondary N) is 1. The van der Waals surface area contributed by atoms with Crippen molar-refractivity contribution in [3.05, 3.63) is 70.4 Å². The van der Waals surface area contributed by atoms with Crippen LogP contribution < -0.4 is 14.8 Å². The fourth-order valence-electron chi connectivity index (χ4n) is 3.38. The van der Waals surface area contributed by atoms with Gasteiger partial charge >= 0.3 is 0 Å². The maximum absolute atomic E-state index is 13.1. The summed E-state index contributed by atoms with van der Waals surface area (Å²) in [5.41, 5.74) is 3.44. The van der Waals surface area contributed by atoms with Crippen molar-refractivity contribution in [1.82, 2.24) is 15.1 Å². The standard InChI is InChI=1S/C24H27N3O4/c1-14-11-20(30-6)13-21(12-14)31-24-22(16(3)26-27(24)5)23(29)25-15(2)18-7-9-19(10-8-18)17(4)28/h7-13,15H,1-6H3,(H,25,29)/t15-/m0/s1. The van der Waals surface area contributed by atoms with E-state index >= 15 is 0 Å². The zero-order valence-corrected chi connectivity index (χ0v) is 18.6. The van der Waals surface area contributed by atoms with E-state index in [0.29, 0.717) is 34.2 Å². The van der Waals surface area contributed by atoms with Gasteiger partial charge in [-0.25, -0.2) is 4.68 Å². The van der Waals surface area contributed by atoms with Crippen LogP contribution in [0.15, 0.2) is 42.5 Å². The van der Waals surface area contributed by atoms with E-state index in [0.717, 1.165) is 11.1 Å². The molecule has 1 aromatic heterocycles. The number of nitrogens with zero attached hydrogens (tertiary/aromatic N) is 2. The maximum Gasteiger partial charge on any atom is 0.259 e. The number of aromatic nitrogens is 2. The van der Waals surface area contributed by atoms with Crippen molar-refractivity contribution in [3.63, 3.8) is 0 Å². The lowest BCUT2D eigenvalue weighted by atomic mass is 10.0. The molecule has 1 N–H and O–H groups in total. The van der Waals surface area contributed by atoms with E-state index in [-0.39, 0.29) is 17.7 Å². The average molecular weight is 421 g/mol. The second-order valence-electron chi connectivity index (χ2n) is 7.55. The normalized spacial score (nSPS) is 11.7. The molecule has 0 aliphatic carbocycles. The summed E-state index contributed by atoms with van der Waals surface area (Å²) in [6, 6.07) is 12.5. The van der Waals surface area contributed by atoms with Gasteiger partial charge in [0, 0.05) is 18.7 Å². The van der Waals surface area contributed by atoms with E-state index in [2.05, 4.69) is 10.4 Å². The van der Waals surface area contributed by atoms with Gasteiger partial charge in [-0.1, -0.05) is 24.3 Å². The Bertz CT molecular complexity index is 1120. The highest BCUT2D eigenvalue weighted by atomic mass is 16.5. The van der Waals surface area contributed by atoms with Crippen LogP contribution in [0, 0.1) is 13.8 Å². The van der Waals surface area contributed by atoms with Crippen molar-refractivity contribution in [1.29, 1.82) is 0 Å². The molecule has 162 valence electrons. The van der Waals surface area contributed by atoms with Crippen LogP contribution in [0.2, 0.25) is 0 Å². The van der Waals surface area contributed by atoms with Crippen molar-refractivity contribution in [2.75, 3.05) is 7.11 Å². The summed E-state index contributed by atoms with van der Waals surface area (Å²) in [5.74, 6) is 1.29. The van der Waals surface area contributed by atoms with Gasteiger partial charge in [0.15, 0.2) is 5.78 Å². The van der Waals surface area contributed by atoms with Crippen molar-refractivity contribution in [2.45, 2.75) is 33.7 Å². The van der Waals surface area contributed by atoms with Gasteiger partial charge in [0.2, 0.25) is 5.88 Å². The number of amides is 1. The van der Waals surface area contributed by atoms with Gasteiger partial charge in [-0.2, -0.15) is 5.10 Å². The highest BCUT2D eigenvalue weighted by Gasteiger charge is 2.24. The molecule has 0 bridgehead atoms. The molecule has 3 aromatic rings. The maximum atomic E-state index is 13.1. The molecule has 0 fully saturated rings. The lowest BCUT2D eigenvalue weighted by molar-refractivity contribution is 0.0935. The summed E-state index contributed by atoms with van der Waals surface area (Å²) in [5, 5.41) is 7.36. The first kappa shape index (κ1) is 22.1. The number of ketones is 1. The molecule has 0 radical (unpaired) electrons. The number of Topliss-reactive ketones (excluding diaryl/α,β-unsaturated/α-hetero) is 1. The average Bonchev–Trinajstić information content (AvgIpc) is 3.00. The number of benzene rings is 2. The van der Waals surface area contributed by atoms with Gasteiger partial charge in [-0.15, -0.1) is 0 Å². The van der Waals surface area contributed by atoms with Crippen LogP contribution in [-0.2, 0) is 7.05 Å². The monoisotopic (exact) mass is 421 g/mol. The molecule has 7 nitrogen and oxygen atoms in total. The molecular formula is C24H27N3O4. The third-order valence-electron chi connectivity index (χ3n) is 5.04. The lowest BCUT2D eigenvalue weighted by Crippen LogP contribution is -2.27. The van der Waals surface area contributed by atoms with Gasteiger partial charge in [0.05, 0.1) is 18.8 Å². The molecule has 0 spiro atoms. The van der Waals surface area contributed by atoms with Crippen LogP contribution in [0.5, 0.6) is 17.4 Å². The largest absolute Gasteiger partial charge is 0.497 e. The molecular weight excluding hydrogens is 394 g/mol. The molecule has 0 unspecified atom stereocenters. The molecule has 1 amide bonds. The first-order valence-corrected chi connectivity index (χ1v) is 9.98. The number of carbonyl (C=O) groups is 2. The number of rotatable bonds is 7. The van der Waals surface area contributed by atoms with E-state index in [1.807, 2.05) is 38.1 Å². The Morgan fingerprint density at radius 2 is 1.71 bits per heavy atom. The SMILES string of the molecule is COc1cc(C)cc(Oc2c(C(=O)N[C@@H](C)c3ccc(C(C)=O)cc3)c(C)nn2C)c1. The molecule has 3 rings (SSSR count). The topological polar surface area (TPSA) is 82.4 Å². The van der Waals surface area contributed by atoms with Gasteiger partial charge in [-0.05, 0) is 51.0 Å². The van der Waals surface area contributed by atoms with Gasteiger partial charge in [0.1, 0.15) is 17.1 Å². The zero-order chi connectivity index (χ0) is 22.7. The minimum Gasteiger partial charge on any atom is -0.497 e. The van der Waals surface area contributed by atoms with E-state index < -0.39 is 0 Å². The van der Waals surface area contributed by atoms with Gasteiger partial charge in [0.25, 0.3) is 5.91 Å². The predicted octanol–water partition coefficient (Wildman–Crippen LogP) is 4.53. The first-order valence-electron chi connectivity index (χ1n) is 9.98. The van der Waals surface area contributed by atoms with Crippen LogP contribution in [0.25, 0.3) is 0 Å². The van der Waals surface area contributed by atoms with Crippen molar-refractivity contribution < 1.29 is 19.1 Å². The molecule has 1 atom stereocenters. The summed E-state index contributed by atoms with van der Waals surface area (Å²) in [6.07, 6.45) is 0. The highest BCUT2D eigenvalue weighted by Crippen LogP contribution is 2.31. The van der Waals surface area contributed by atoms with Gasteiger partial charge < -0.3 is 14.8 Å². The molecule has 0 saturated carbocycles. The van der Waals surface area contributed by atoms with E-state index in [1.165, 1.54) is 6.92 Å². The van der Waals surface area contributed by atoms with Gasteiger partial charge in [-0.3, -0.25) is 9.59 Å². The van der Waals surface area contributed by atoms with E-state index in [9.17, 15) is 9.59 Å². The van der Waals surface area contributed by atoms with Crippen LogP contribution in [0.3, 0.4) is 0 Å². The summed E-state index contributed by atoms with van der Waals surface area (Å²) < 4.78 is 12.9. The minimum atomic E-state index is -0.289. The van der Waals surface area contributed by atoms with Crippen molar-refractivity contribution >= 4 is 11.7 Å². The summed E-state index contributed by atoms with van der Waals surface area (Å²) in [4.78, 5) is 24.6. The minimum absolute atomic E-state index is 0.00351. The zero-order valence-electron chi connectivity index (χ0n) is 18.6. The number of carbonyl (C=O) groups excluding carboxylic acids is 2. The van der Waals surface area contributed by atoms with Crippen LogP contribution in [-0.4, -0.2) is 28.6 Å². The molecule has 0 saturated heterocycles. The fourth-order valence-corrected chi connectivity index (χ4v) is 3.38. The number of methoxy groups -OCH3 is 1. The first-order chi connectivity index (χ1) is 14.7. The summed E-state index contributed by atoms with van der Waals surface area (Å²) in [6.45, 7) is 7.12. The lowest BCUT2D eigenvalue weighted by Gasteiger charge is -2.16. The second-order valence-corrected chi connectivity index (χ2v) is 7.55. The Labute approximate surface area is 182 Å². The number of hydrogen-bond acceptors (Lipinski definition) is 5. The number of ether oxygens (including phenoxy) is 2. The molecule has 2 aromatic carbocycles.